The first-order chi connectivity index (χ1) is 5.96. The Morgan fingerprint density at radius 1 is 1.54 bits per heavy atom. The van der Waals surface area contributed by atoms with E-state index in [9.17, 15) is 4.79 Å². The summed E-state index contributed by atoms with van der Waals surface area (Å²) in [5.74, 6) is 1.42. The van der Waals surface area contributed by atoms with Crippen LogP contribution in [0.2, 0.25) is 0 Å². The zero-order chi connectivity index (χ0) is 10.1. The molecule has 74 valence electrons. The summed E-state index contributed by atoms with van der Waals surface area (Å²) >= 11 is 1.72. The van der Waals surface area contributed by atoms with E-state index in [1.807, 2.05) is 27.7 Å². The molecule has 1 heterocycles. The van der Waals surface area contributed by atoms with Crippen molar-refractivity contribution in [3.63, 3.8) is 0 Å². The molecule has 0 saturated heterocycles. The molecule has 0 amide bonds. The lowest BCUT2D eigenvalue weighted by Gasteiger charge is -2.24. The number of ketones is 1. The van der Waals surface area contributed by atoms with Crippen LogP contribution >= 0.6 is 11.8 Å². The predicted octanol–water partition coefficient (Wildman–Crippen LogP) is 2.38. The zero-order valence-electron chi connectivity index (χ0n) is 8.76. The molecule has 0 saturated carbocycles. The topological polar surface area (TPSA) is 29.4 Å². The second-order valence-corrected chi connectivity index (χ2v) is 5.26. The normalized spacial score (nSPS) is 17.8. The molecule has 0 aromatic carbocycles. The summed E-state index contributed by atoms with van der Waals surface area (Å²) in [5, 5.41) is 1.02. The van der Waals surface area contributed by atoms with Gasteiger partial charge in [0, 0.05) is 18.2 Å². The number of Topliss-reactive ketones (excluding diaryl/α,β-unsaturated/α-hetero) is 1. The molecule has 3 heteroatoms. The van der Waals surface area contributed by atoms with Crippen LogP contribution < -0.4 is 0 Å². The van der Waals surface area contributed by atoms with Crippen LogP contribution in [0.3, 0.4) is 0 Å². The molecule has 0 atom stereocenters. The van der Waals surface area contributed by atoms with Gasteiger partial charge < -0.3 is 0 Å². The van der Waals surface area contributed by atoms with Gasteiger partial charge in [-0.2, -0.15) is 0 Å². The minimum absolute atomic E-state index is 0.0962. The molecule has 0 N–H and O–H groups in total. The lowest BCUT2D eigenvalue weighted by Crippen LogP contribution is -2.34. The van der Waals surface area contributed by atoms with E-state index in [0.717, 1.165) is 17.3 Å². The monoisotopic (exact) mass is 199 g/mol. The Bertz CT molecular complexity index is 243. The van der Waals surface area contributed by atoms with Gasteiger partial charge in [-0.3, -0.25) is 9.79 Å². The number of carbonyl (C=O) groups excluding carboxylic acids is 1. The molecule has 0 radical (unpaired) electrons. The van der Waals surface area contributed by atoms with Gasteiger partial charge in [0.15, 0.2) is 0 Å². The molecular weight excluding hydrogens is 182 g/mol. The molecular formula is C10H17NOS. The summed E-state index contributed by atoms with van der Waals surface area (Å²) in [6.07, 6.45) is 0. The smallest absolute Gasteiger partial charge is 0.147 e. The van der Waals surface area contributed by atoms with Crippen molar-refractivity contribution in [1.82, 2.24) is 0 Å². The van der Waals surface area contributed by atoms with Crippen LogP contribution in [-0.4, -0.2) is 23.1 Å². The van der Waals surface area contributed by atoms with Gasteiger partial charge in [0.2, 0.25) is 0 Å². The summed E-state index contributed by atoms with van der Waals surface area (Å²) < 4.78 is 0. The SMILES string of the molecule is CC(C)C(=O)C(C)(C)C1=NCCS1. The summed E-state index contributed by atoms with van der Waals surface area (Å²) in [6.45, 7) is 8.72. The number of hydrogen-bond acceptors (Lipinski definition) is 3. The number of thioether (sulfide) groups is 1. The maximum Gasteiger partial charge on any atom is 0.147 e. The first-order valence-corrected chi connectivity index (χ1v) is 5.67. The van der Waals surface area contributed by atoms with Crippen LogP contribution in [0.4, 0.5) is 0 Å². The van der Waals surface area contributed by atoms with E-state index < -0.39 is 0 Å². The maximum atomic E-state index is 11.9. The van der Waals surface area contributed by atoms with Gasteiger partial charge in [-0.25, -0.2) is 0 Å². The maximum absolute atomic E-state index is 11.9. The third kappa shape index (κ3) is 2.13. The molecule has 0 bridgehead atoms. The molecule has 1 aliphatic heterocycles. The van der Waals surface area contributed by atoms with Crippen molar-refractivity contribution < 1.29 is 4.79 Å². The largest absolute Gasteiger partial charge is 0.298 e. The molecule has 0 aromatic rings. The third-order valence-corrected chi connectivity index (χ3v) is 3.56. The molecule has 2 nitrogen and oxygen atoms in total. The molecule has 0 spiro atoms. The van der Waals surface area contributed by atoms with Gasteiger partial charge in [-0.1, -0.05) is 13.8 Å². The van der Waals surface area contributed by atoms with E-state index in [1.165, 1.54) is 0 Å². The molecule has 1 aliphatic rings. The number of carbonyl (C=O) groups is 1. The van der Waals surface area contributed by atoms with Crippen LogP contribution in [0.15, 0.2) is 4.99 Å². The van der Waals surface area contributed by atoms with Crippen LogP contribution in [0.1, 0.15) is 27.7 Å². The Kier molecular flexibility index (Phi) is 3.17. The summed E-state index contributed by atoms with van der Waals surface area (Å²) in [4.78, 5) is 16.2. The van der Waals surface area contributed by atoms with E-state index in [0.29, 0.717) is 5.78 Å². The Hall–Kier alpha value is -0.310. The number of rotatable bonds is 3. The van der Waals surface area contributed by atoms with Crippen molar-refractivity contribution in [1.29, 1.82) is 0 Å². The van der Waals surface area contributed by atoms with E-state index in [-0.39, 0.29) is 11.3 Å². The van der Waals surface area contributed by atoms with Crippen LogP contribution in [0, 0.1) is 11.3 Å². The van der Waals surface area contributed by atoms with E-state index >= 15 is 0 Å². The van der Waals surface area contributed by atoms with Gasteiger partial charge >= 0.3 is 0 Å². The fourth-order valence-corrected chi connectivity index (χ4v) is 2.56. The van der Waals surface area contributed by atoms with Crippen molar-refractivity contribution in [3.05, 3.63) is 0 Å². The molecule has 0 fully saturated rings. The number of nitrogens with zero attached hydrogens (tertiary/aromatic N) is 1. The molecule has 13 heavy (non-hydrogen) atoms. The Labute approximate surface area is 84.2 Å². The highest BCUT2D eigenvalue weighted by atomic mass is 32.2. The quantitative estimate of drug-likeness (QED) is 0.698. The molecule has 0 aliphatic carbocycles. The third-order valence-electron chi connectivity index (χ3n) is 2.26. The van der Waals surface area contributed by atoms with E-state index in [2.05, 4.69) is 4.99 Å². The minimum atomic E-state index is -0.366. The zero-order valence-corrected chi connectivity index (χ0v) is 9.57. The summed E-state index contributed by atoms with van der Waals surface area (Å²) in [7, 11) is 0. The standard InChI is InChI=1S/C10H17NOS/c1-7(2)8(12)10(3,4)9-11-5-6-13-9/h7H,5-6H2,1-4H3. The van der Waals surface area contributed by atoms with Gasteiger partial charge in [0.05, 0.1) is 10.5 Å². The average Bonchev–Trinajstić information content (AvgIpc) is 2.54. The highest BCUT2D eigenvalue weighted by molar-refractivity contribution is 8.14. The number of hydrogen-bond donors (Lipinski definition) is 0. The minimum Gasteiger partial charge on any atom is -0.298 e. The van der Waals surface area contributed by atoms with E-state index in [4.69, 9.17) is 0 Å². The molecule has 1 rings (SSSR count). The van der Waals surface area contributed by atoms with Crippen molar-refractivity contribution in [3.8, 4) is 0 Å². The van der Waals surface area contributed by atoms with Crippen molar-refractivity contribution >= 4 is 22.6 Å². The summed E-state index contributed by atoms with van der Waals surface area (Å²) in [5.41, 5.74) is -0.366. The van der Waals surface area contributed by atoms with E-state index in [1.54, 1.807) is 11.8 Å². The first kappa shape index (κ1) is 10.8. The molecule has 0 aromatic heterocycles. The van der Waals surface area contributed by atoms with Crippen molar-refractivity contribution in [2.24, 2.45) is 16.3 Å². The Balaban J connectivity index is 2.80. The lowest BCUT2D eigenvalue weighted by atomic mass is 9.83. The van der Waals surface area contributed by atoms with Crippen LogP contribution in [-0.2, 0) is 4.79 Å². The van der Waals surface area contributed by atoms with Gasteiger partial charge in [0.25, 0.3) is 0 Å². The van der Waals surface area contributed by atoms with Gasteiger partial charge in [-0.15, -0.1) is 11.8 Å². The van der Waals surface area contributed by atoms with Crippen molar-refractivity contribution in [2.45, 2.75) is 27.7 Å². The highest BCUT2D eigenvalue weighted by Crippen LogP contribution is 2.31. The number of aliphatic imine (C=N–C) groups is 1. The Morgan fingerprint density at radius 2 is 2.15 bits per heavy atom. The average molecular weight is 199 g/mol. The van der Waals surface area contributed by atoms with Gasteiger partial charge in [0.1, 0.15) is 5.78 Å². The molecule has 0 unspecified atom stereocenters. The lowest BCUT2D eigenvalue weighted by molar-refractivity contribution is -0.126. The predicted molar refractivity (Wildman–Crippen MR) is 58.4 cm³/mol. The highest BCUT2D eigenvalue weighted by Gasteiger charge is 2.36. The second kappa shape index (κ2) is 3.82. The van der Waals surface area contributed by atoms with Gasteiger partial charge in [-0.05, 0) is 13.8 Å². The fraction of sp³-hybridized carbons (Fsp3) is 0.800. The fourth-order valence-electron chi connectivity index (χ4n) is 1.54. The first-order valence-electron chi connectivity index (χ1n) is 4.68. The van der Waals surface area contributed by atoms with Crippen LogP contribution in [0.5, 0.6) is 0 Å². The Morgan fingerprint density at radius 3 is 2.54 bits per heavy atom. The summed E-state index contributed by atoms with van der Waals surface area (Å²) in [6, 6.07) is 0. The second-order valence-electron chi connectivity index (χ2n) is 4.18. The van der Waals surface area contributed by atoms with Crippen molar-refractivity contribution in [2.75, 3.05) is 12.3 Å². The van der Waals surface area contributed by atoms with Crippen LogP contribution in [0.25, 0.3) is 0 Å².